The normalized spacial score (nSPS) is 22.4. The minimum absolute atomic E-state index is 0. The summed E-state index contributed by atoms with van der Waals surface area (Å²) >= 11 is 0. The second-order valence-corrected chi connectivity index (χ2v) is 10.2. The SMILES string of the molecule is C[N+]1(C)CCN(CC(Cc2ccccc2)C(O)(c2ccccc2)C2CCCC2)CC1.[I-]. The third-order valence-corrected chi connectivity index (χ3v) is 7.68. The predicted molar refractivity (Wildman–Crippen MR) is 124 cm³/mol. The summed E-state index contributed by atoms with van der Waals surface area (Å²) in [5.74, 6) is 0.546. The van der Waals surface area contributed by atoms with E-state index in [1.54, 1.807) is 0 Å². The lowest BCUT2D eigenvalue weighted by molar-refractivity contribution is -0.894. The number of rotatable bonds is 7. The minimum Gasteiger partial charge on any atom is -1.00 e. The van der Waals surface area contributed by atoms with Gasteiger partial charge in [0.25, 0.3) is 0 Å². The molecule has 1 saturated heterocycles. The van der Waals surface area contributed by atoms with Crippen LogP contribution in [0.4, 0.5) is 0 Å². The first-order valence-corrected chi connectivity index (χ1v) is 11.8. The molecule has 2 aliphatic rings. The van der Waals surface area contributed by atoms with Crippen LogP contribution in [0.15, 0.2) is 60.7 Å². The molecule has 0 spiro atoms. The molecule has 4 rings (SSSR count). The van der Waals surface area contributed by atoms with Gasteiger partial charge in [-0.25, -0.2) is 0 Å². The minimum atomic E-state index is -0.768. The Hall–Kier alpha value is -0.950. The smallest absolute Gasteiger partial charge is 0.0967 e. The summed E-state index contributed by atoms with van der Waals surface area (Å²) in [6.07, 6.45) is 5.69. The number of aliphatic hydroxyl groups is 1. The van der Waals surface area contributed by atoms with Gasteiger partial charge in [-0.05, 0) is 36.3 Å². The quantitative estimate of drug-likeness (QED) is 0.428. The van der Waals surface area contributed by atoms with Gasteiger partial charge in [0.1, 0.15) is 0 Å². The van der Waals surface area contributed by atoms with E-state index in [0.29, 0.717) is 5.92 Å². The van der Waals surface area contributed by atoms with Crippen molar-refractivity contribution in [3.63, 3.8) is 0 Å². The summed E-state index contributed by atoms with van der Waals surface area (Å²) in [6, 6.07) is 21.4. The van der Waals surface area contributed by atoms with Crippen molar-refractivity contribution in [2.75, 3.05) is 46.8 Å². The summed E-state index contributed by atoms with van der Waals surface area (Å²) in [5, 5.41) is 12.5. The first kappa shape index (κ1) is 24.7. The average Bonchev–Trinajstić information content (AvgIpc) is 3.31. The van der Waals surface area contributed by atoms with Crippen LogP contribution in [0.5, 0.6) is 0 Å². The van der Waals surface area contributed by atoms with Crippen molar-refractivity contribution >= 4 is 0 Å². The Balaban J connectivity index is 0.00000272. The van der Waals surface area contributed by atoms with Gasteiger partial charge in [0, 0.05) is 25.6 Å². The van der Waals surface area contributed by atoms with Crippen LogP contribution in [0.1, 0.15) is 36.8 Å². The number of halogens is 1. The number of piperazine rings is 1. The lowest BCUT2D eigenvalue weighted by atomic mass is 9.69. The van der Waals surface area contributed by atoms with Gasteiger partial charge in [-0.1, -0.05) is 73.5 Å². The van der Waals surface area contributed by atoms with Gasteiger partial charge in [0.2, 0.25) is 0 Å². The van der Waals surface area contributed by atoms with E-state index in [9.17, 15) is 5.11 Å². The maximum Gasteiger partial charge on any atom is 0.0967 e. The topological polar surface area (TPSA) is 23.5 Å². The third kappa shape index (κ3) is 5.89. The molecule has 0 radical (unpaired) electrons. The van der Waals surface area contributed by atoms with Crippen molar-refractivity contribution in [2.24, 2.45) is 11.8 Å². The van der Waals surface area contributed by atoms with Crippen LogP contribution in [0.25, 0.3) is 0 Å². The number of benzene rings is 2. The number of quaternary nitrogens is 1. The van der Waals surface area contributed by atoms with Gasteiger partial charge in [0.05, 0.1) is 32.8 Å². The van der Waals surface area contributed by atoms with Crippen molar-refractivity contribution in [2.45, 2.75) is 37.7 Å². The molecule has 3 nitrogen and oxygen atoms in total. The lowest BCUT2D eigenvalue weighted by Crippen LogP contribution is -3.00. The zero-order valence-corrected chi connectivity index (χ0v) is 21.4. The van der Waals surface area contributed by atoms with Crippen LogP contribution in [-0.4, -0.2) is 61.3 Å². The van der Waals surface area contributed by atoms with Crippen LogP contribution in [-0.2, 0) is 12.0 Å². The molecule has 4 heteroatoms. The number of nitrogens with zero attached hydrogens (tertiary/aromatic N) is 2. The van der Waals surface area contributed by atoms with Gasteiger partial charge in [0.15, 0.2) is 0 Å². The molecule has 2 atom stereocenters. The number of hydrogen-bond donors (Lipinski definition) is 1. The Bertz CT molecular complexity index is 781. The molecule has 1 aliphatic heterocycles. The predicted octanol–water partition coefficient (Wildman–Crippen LogP) is 1.32. The van der Waals surface area contributed by atoms with E-state index >= 15 is 0 Å². The molecule has 170 valence electrons. The highest BCUT2D eigenvalue weighted by Gasteiger charge is 2.46. The van der Waals surface area contributed by atoms with Crippen LogP contribution < -0.4 is 24.0 Å². The van der Waals surface area contributed by atoms with E-state index < -0.39 is 5.60 Å². The standard InChI is InChI=1S/C27H39N2O.HI/c1-29(2)19-17-28(18-20-29)22-26(21-23-11-5-3-6-12-23)27(30,25-15-9-10-16-25)24-13-7-4-8-14-24;/h3-8,11-14,25-26,30H,9-10,15-22H2,1-2H3;1H/q+1;/p-1. The molecular weight excluding hydrogens is 495 g/mol. The van der Waals surface area contributed by atoms with Crippen LogP contribution >= 0.6 is 0 Å². The van der Waals surface area contributed by atoms with Crippen LogP contribution in [0.2, 0.25) is 0 Å². The molecule has 2 aromatic carbocycles. The van der Waals surface area contributed by atoms with Gasteiger partial charge < -0.3 is 33.6 Å². The van der Waals surface area contributed by atoms with Crippen molar-refractivity contribution in [3.05, 3.63) is 71.8 Å². The second-order valence-electron chi connectivity index (χ2n) is 10.2. The Morgan fingerprint density at radius 2 is 1.48 bits per heavy atom. The van der Waals surface area contributed by atoms with Crippen molar-refractivity contribution in [1.82, 2.24) is 4.90 Å². The van der Waals surface area contributed by atoms with E-state index in [1.807, 2.05) is 0 Å². The average molecular weight is 535 g/mol. The molecular formula is C27H39IN2O. The summed E-state index contributed by atoms with van der Waals surface area (Å²) in [5.41, 5.74) is 1.68. The highest BCUT2D eigenvalue weighted by atomic mass is 127. The zero-order valence-electron chi connectivity index (χ0n) is 19.2. The first-order chi connectivity index (χ1) is 14.5. The Morgan fingerprint density at radius 3 is 2.06 bits per heavy atom. The highest BCUT2D eigenvalue weighted by Crippen LogP contribution is 2.46. The lowest BCUT2D eigenvalue weighted by Gasteiger charge is -2.46. The molecule has 1 heterocycles. The summed E-state index contributed by atoms with van der Waals surface area (Å²) < 4.78 is 1.10. The van der Waals surface area contributed by atoms with Crippen molar-refractivity contribution < 1.29 is 33.6 Å². The molecule has 2 fully saturated rings. The molecule has 0 aromatic heterocycles. The Labute approximate surface area is 206 Å². The molecule has 0 bridgehead atoms. The molecule has 1 saturated carbocycles. The Morgan fingerprint density at radius 1 is 0.935 bits per heavy atom. The fraction of sp³-hybridized carbons (Fsp3) is 0.556. The van der Waals surface area contributed by atoms with E-state index in [0.717, 1.165) is 48.9 Å². The fourth-order valence-corrected chi connectivity index (χ4v) is 5.68. The summed E-state index contributed by atoms with van der Waals surface area (Å²) in [6.45, 7) is 5.58. The fourth-order valence-electron chi connectivity index (χ4n) is 5.68. The van der Waals surface area contributed by atoms with Crippen LogP contribution in [0.3, 0.4) is 0 Å². The van der Waals surface area contributed by atoms with E-state index in [-0.39, 0.29) is 29.9 Å². The highest BCUT2D eigenvalue weighted by molar-refractivity contribution is 5.27. The first-order valence-electron chi connectivity index (χ1n) is 11.8. The van der Waals surface area contributed by atoms with Crippen molar-refractivity contribution in [1.29, 1.82) is 0 Å². The molecule has 1 aliphatic carbocycles. The largest absolute Gasteiger partial charge is 1.00 e. The van der Waals surface area contributed by atoms with E-state index in [4.69, 9.17) is 0 Å². The van der Waals surface area contributed by atoms with Gasteiger partial charge in [-0.15, -0.1) is 0 Å². The number of likely N-dealkylation sites (N-methyl/N-ethyl adjacent to an activating group) is 1. The van der Waals surface area contributed by atoms with E-state index in [2.05, 4.69) is 79.7 Å². The third-order valence-electron chi connectivity index (χ3n) is 7.68. The van der Waals surface area contributed by atoms with Crippen LogP contribution in [0, 0.1) is 11.8 Å². The monoisotopic (exact) mass is 534 g/mol. The van der Waals surface area contributed by atoms with Gasteiger partial charge in [-0.2, -0.15) is 0 Å². The maximum atomic E-state index is 12.5. The summed E-state index contributed by atoms with van der Waals surface area (Å²) in [7, 11) is 4.66. The van der Waals surface area contributed by atoms with E-state index in [1.165, 1.54) is 31.5 Å². The number of hydrogen-bond acceptors (Lipinski definition) is 2. The zero-order chi connectivity index (χ0) is 21.0. The molecule has 1 N–H and O–H groups in total. The second kappa shape index (κ2) is 10.8. The molecule has 31 heavy (non-hydrogen) atoms. The molecule has 0 amide bonds. The van der Waals surface area contributed by atoms with Crippen molar-refractivity contribution in [3.8, 4) is 0 Å². The van der Waals surface area contributed by atoms with Gasteiger partial charge in [-0.3, -0.25) is 4.90 Å². The summed E-state index contributed by atoms with van der Waals surface area (Å²) in [4.78, 5) is 2.61. The maximum absolute atomic E-state index is 12.5. The molecule has 2 aromatic rings. The molecule has 2 unspecified atom stereocenters. The van der Waals surface area contributed by atoms with Gasteiger partial charge >= 0.3 is 0 Å². The Kier molecular flexibility index (Phi) is 8.58.